The van der Waals surface area contributed by atoms with Gasteiger partial charge in [0.2, 0.25) is 0 Å². The molecular weight excluding hydrogens is 188 g/mol. The van der Waals surface area contributed by atoms with E-state index in [4.69, 9.17) is 10.5 Å². The monoisotopic (exact) mass is 208 g/mol. The Labute approximate surface area is 91.8 Å². The first-order valence-corrected chi connectivity index (χ1v) is 5.16. The van der Waals surface area contributed by atoms with Gasteiger partial charge in [0.05, 0.1) is 7.11 Å². The van der Waals surface area contributed by atoms with E-state index < -0.39 is 0 Å². The van der Waals surface area contributed by atoms with E-state index in [-0.39, 0.29) is 0 Å². The van der Waals surface area contributed by atoms with Crippen LogP contribution in [0.1, 0.15) is 11.5 Å². The molecule has 0 aromatic heterocycles. The summed E-state index contributed by atoms with van der Waals surface area (Å²) in [5.41, 5.74) is 6.99. The maximum Gasteiger partial charge on any atom is 0.122 e. The van der Waals surface area contributed by atoms with Crippen LogP contribution in [0.4, 0.5) is 0 Å². The lowest BCUT2D eigenvalue weighted by atomic mass is 9.98. The molecule has 1 atom stereocenters. The number of hydrogen-bond acceptors (Lipinski definition) is 3. The van der Waals surface area contributed by atoms with Crippen molar-refractivity contribution >= 4 is 0 Å². The van der Waals surface area contributed by atoms with Crippen LogP contribution in [0, 0.1) is 0 Å². The summed E-state index contributed by atoms with van der Waals surface area (Å²) in [6.45, 7) is 1.58. The molecule has 0 saturated heterocycles. The minimum Gasteiger partial charge on any atom is -0.496 e. The summed E-state index contributed by atoms with van der Waals surface area (Å²) in [7, 11) is 5.80. The summed E-state index contributed by atoms with van der Waals surface area (Å²) in [6.07, 6.45) is 0. The normalized spacial score (nSPS) is 12.9. The van der Waals surface area contributed by atoms with Crippen LogP contribution >= 0.6 is 0 Å². The van der Waals surface area contributed by atoms with E-state index in [9.17, 15) is 0 Å². The lowest BCUT2D eigenvalue weighted by molar-refractivity contribution is 0.361. The highest BCUT2D eigenvalue weighted by Gasteiger charge is 2.14. The zero-order chi connectivity index (χ0) is 11.3. The number of para-hydroxylation sites is 1. The van der Waals surface area contributed by atoms with E-state index in [1.807, 2.05) is 18.2 Å². The molecule has 0 aliphatic heterocycles. The molecule has 0 aliphatic carbocycles. The third-order valence-electron chi connectivity index (χ3n) is 2.45. The number of rotatable bonds is 5. The molecule has 2 N–H and O–H groups in total. The Morgan fingerprint density at radius 1 is 1.33 bits per heavy atom. The second-order valence-electron chi connectivity index (χ2n) is 3.94. The Kier molecular flexibility index (Phi) is 4.59. The van der Waals surface area contributed by atoms with Gasteiger partial charge in [-0.2, -0.15) is 0 Å². The molecule has 0 spiro atoms. The van der Waals surface area contributed by atoms with Crippen LogP contribution in [0.15, 0.2) is 24.3 Å². The molecule has 3 heteroatoms. The second-order valence-corrected chi connectivity index (χ2v) is 3.94. The predicted molar refractivity (Wildman–Crippen MR) is 63.3 cm³/mol. The van der Waals surface area contributed by atoms with Crippen molar-refractivity contribution in [3.8, 4) is 5.75 Å². The number of likely N-dealkylation sites (N-methyl/N-ethyl adjacent to an activating group) is 1. The summed E-state index contributed by atoms with van der Waals surface area (Å²) in [6, 6.07) is 8.06. The zero-order valence-corrected chi connectivity index (χ0v) is 9.73. The van der Waals surface area contributed by atoms with Gasteiger partial charge in [0.25, 0.3) is 0 Å². The molecule has 1 rings (SSSR count). The predicted octanol–water partition coefficient (Wildman–Crippen LogP) is 1.30. The minimum absolute atomic E-state index is 0.330. The Bertz CT molecular complexity index is 299. The van der Waals surface area contributed by atoms with Gasteiger partial charge in [0.15, 0.2) is 0 Å². The quantitative estimate of drug-likeness (QED) is 0.792. The van der Waals surface area contributed by atoms with E-state index in [1.54, 1.807) is 7.11 Å². The van der Waals surface area contributed by atoms with Gasteiger partial charge in [-0.15, -0.1) is 0 Å². The lowest BCUT2D eigenvalue weighted by Crippen LogP contribution is -2.26. The SMILES string of the molecule is COc1ccccc1C(CN)CN(C)C. The summed E-state index contributed by atoms with van der Waals surface area (Å²) < 4.78 is 5.34. The molecule has 0 radical (unpaired) electrons. The molecule has 1 unspecified atom stereocenters. The smallest absolute Gasteiger partial charge is 0.122 e. The summed E-state index contributed by atoms with van der Waals surface area (Å²) in [4.78, 5) is 2.14. The molecule has 0 aliphatic rings. The van der Waals surface area contributed by atoms with Gasteiger partial charge in [0, 0.05) is 19.0 Å². The van der Waals surface area contributed by atoms with E-state index in [0.717, 1.165) is 12.3 Å². The van der Waals surface area contributed by atoms with Gasteiger partial charge in [0.1, 0.15) is 5.75 Å². The van der Waals surface area contributed by atoms with Crippen molar-refractivity contribution < 1.29 is 4.74 Å². The van der Waals surface area contributed by atoms with Gasteiger partial charge in [-0.05, 0) is 25.7 Å². The Balaban J connectivity index is 2.90. The van der Waals surface area contributed by atoms with E-state index in [2.05, 4.69) is 25.1 Å². The largest absolute Gasteiger partial charge is 0.496 e. The number of hydrogen-bond donors (Lipinski definition) is 1. The summed E-state index contributed by atoms with van der Waals surface area (Å²) in [5.74, 6) is 1.26. The molecule has 0 fully saturated rings. The van der Waals surface area contributed by atoms with Crippen LogP contribution < -0.4 is 10.5 Å². The molecular formula is C12H20N2O. The number of ether oxygens (including phenoxy) is 1. The molecule has 1 aromatic carbocycles. The van der Waals surface area contributed by atoms with Crippen LogP contribution in [0.2, 0.25) is 0 Å². The molecule has 15 heavy (non-hydrogen) atoms. The van der Waals surface area contributed by atoms with Crippen LogP contribution in [0.3, 0.4) is 0 Å². The number of methoxy groups -OCH3 is 1. The standard InChI is InChI=1S/C12H20N2O/c1-14(2)9-10(8-13)11-6-4-5-7-12(11)15-3/h4-7,10H,8-9,13H2,1-3H3. The highest BCUT2D eigenvalue weighted by Crippen LogP contribution is 2.25. The number of nitrogens with zero attached hydrogens (tertiary/aromatic N) is 1. The average Bonchev–Trinajstić information content (AvgIpc) is 2.25. The number of nitrogens with two attached hydrogens (primary N) is 1. The second kappa shape index (κ2) is 5.73. The lowest BCUT2D eigenvalue weighted by Gasteiger charge is -2.21. The Morgan fingerprint density at radius 2 is 2.00 bits per heavy atom. The van der Waals surface area contributed by atoms with Crippen molar-refractivity contribution in [3.63, 3.8) is 0 Å². The fraction of sp³-hybridized carbons (Fsp3) is 0.500. The van der Waals surface area contributed by atoms with Gasteiger partial charge in [-0.1, -0.05) is 18.2 Å². The highest BCUT2D eigenvalue weighted by molar-refractivity contribution is 5.36. The Morgan fingerprint density at radius 3 is 2.53 bits per heavy atom. The molecule has 0 amide bonds. The van der Waals surface area contributed by atoms with Crippen LogP contribution in [0.25, 0.3) is 0 Å². The van der Waals surface area contributed by atoms with E-state index in [1.165, 1.54) is 5.56 Å². The van der Waals surface area contributed by atoms with Crippen LogP contribution in [-0.2, 0) is 0 Å². The third-order valence-corrected chi connectivity index (χ3v) is 2.45. The fourth-order valence-electron chi connectivity index (χ4n) is 1.74. The van der Waals surface area contributed by atoms with Crippen molar-refractivity contribution in [3.05, 3.63) is 29.8 Å². The fourth-order valence-corrected chi connectivity index (χ4v) is 1.74. The van der Waals surface area contributed by atoms with Crippen molar-refractivity contribution in [1.82, 2.24) is 4.90 Å². The topological polar surface area (TPSA) is 38.5 Å². The van der Waals surface area contributed by atoms with Crippen LogP contribution in [0.5, 0.6) is 5.75 Å². The van der Waals surface area contributed by atoms with E-state index >= 15 is 0 Å². The zero-order valence-electron chi connectivity index (χ0n) is 9.73. The first kappa shape index (κ1) is 12.0. The highest BCUT2D eigenvalue weighted by atomic mass is 16.5. The molecule has 0 bridgehead atoms. The molecule has 0 heterocycles. The summed E-state index contributed by atoms with van der Waals surface area (Å²) >= 11 is 0. The van der Waals surface area contributed by atoms with Crippen molar-refractivity contribution in [2.75, 3.05) is 34.3 Å². The molecule has 0 saturated carbocycles. The molecule has 84 valence electrons. The van der Waals surface area contributed by atoms with Crippen molar-refractivity contribution in [2.24, 2.45) is 5.73 Å². The van der Waals surface area contributed by atoms with Crippen molar-refractivity contribution in [2.45, 2.75) is 5.92 Å². The van der Waals surface area contributed by atoms with Gasteiger partial charge >= 0.3 is 0 Å². The van der Waals surface area contributed by atoms with Gasteiger partial charge in [-0.25, -0.2) is 0 Å². The third kappa shape index (κ3) is 3.22. The molecule has 1 aromatic rings. The minimum atomic E-state index is 0.330. The van der Waals surface area contributed by atoms with Gasteiger partial charge in [-0.3, -0.25) is 0 Å². The molecule has 3 nitrogen and oxygen atoms in total. The number of benzene rings is 1. The van der Waals surface area contributed by atoms with Crippen molar-refractivity contribution in [1.29, 1.82) is 0 Å². The average molecular weight is 208 g/mol. The first-order valence-electron chi connectivity index (χ1n) is 5.16. The summed E-state index contributed by atoms with van der Waals surface area (Å²) in [5, 5.41) is 0. The maximum atomic E-state index is 5.79. The Hall–Kier alpha value is -1.06. The maximum absolute atomic E-state index is 5.79. The first-order chi connectivity index (χ1) is 7.19. The van der Waals surface area contributed by atoms with Crippen LogP contribution in [-0.4, -0.2) is 39.2 Å². The van der Waals surface area contributed by atoms with E-state index in [0.29, 0.717) is 12.5 Å². The van der Waals surface area contributed by atoms with Gasteiger partial charge < -0.3 is 15.4 Å².